The van der Waals surface area contributed by atoms with E-state index in [-0.39, 0.29) is 52.6 Å². The van der Waals surface area contributed by atoms with E-state index in [0.29, 0.717) is 11.3 Å². The Morgan fingerprint density at radius 2 is 1.69 bits per heavy atom. The van der Waals surface area contributed by atoms with E-state index in [0.717, 1.165) is 6.42 Å². The molecule has 2 bridgehead atoms. The molecule has 0 aromatic heterocycles. The molecule has 1 aliphatic heterocycles. The monoisotopic (exact) mass is 433 g/mol. The number of anilines is 2. The van der Waals surface area contributed by atoms with Crippen molar-refractivity contribution in [3.8, 4) is 5.75 Å². The summed E-state index contributed by atoms with van der Waals surface area (Å²) in [4.78, 5) is 50.1. The lowest BCUT2D eigenvalue weighted by atomic mass is 9.85. The molecule has 1 saturated carbocycles. The molecule has 3 aliphatic rings. The van der Waals surface area contributed by atoms with E-state index in [1.54, 1.807) is 12.1 Å². The van der Waals surface area contributed by atoms with Gasteiger partial charge in [-0.15, -0.1) is 0 Å². The summed E-state index contributed by atoms with van der Waals surface area (Å²) in [5.41, 5.74) is 0.874. The summed E-state index contributed by atoms with van der Waals surface area (Å²) in [5.74, 6) is -0.949. The Balaban J connectivity index is 1.33. The van der Waals surface area contributed by atoms with Crippen molar-refractivity contribution >= 4 is 34.8 Å². The summed E-state index contributed by atoms with van der Waals surface area (Å²) in [7, 11) is 1.35. The van der Waals surface area contributed by atoms with Gasteiger partial charge in [-0.25, -0.2) is 0 Å². The largest absolute Gasteiger partial charge is 0.494 e. The number of amides is 3. The SMILES string of the molecule is COc1cc([N+](=O)[O-])ccc1NC(=O)c1ccc(N2C(=O)[C@@H]3[C@H](C2=O)[C@@H]2C=C[C@H]3C2)cc1. The molecule has 0 unspecified atom stereocenters. The summed E-state index contributed by atoms with van der Waals surface area (Å²) < 4.78 is 5.14. The van der Waals surface area contributed by atoms with Gasteiger partial charge in [-0.2, -0.15) is 0 Å². The number of hydrogen-bond donors (Lipinski definition) is 1. The minimum atomic E-state index is -0.552. The first-order valence-electron chi connectivity index (χ1n) is 10.2. The predicted octanol–water partition coefficient (Wildman–Crippen LogP) is 3.17. The van der Waals surface area contributed by atoms with Crippen molar-refractivity contribution in [3.05, 3.63) is 70.3 Å². The molecule has 9 heteroatoms. The molecule has 3 amide bonds. The van der Waals surface area contributed by atoms with Crippen LogP contribution in [-0.4, -0.2) is 29.8 Å². The quantitative estimate of drug-likeness (QED) is 0.335. The number of nitro benzene ring substituents is 1. The number of hydrogen-bond acceptors (Lipinski definition) is 6. The second-order valence-electron chi connectivity index (χ2n) is 8.15. The Bertz CT molecular complexity index is 1160. The van der Waals surface area contributed by atoms with Crippen molar-refractivity contribution in [2.24, 2.45) is 23.7 Å². The Kier molecular flexibility index (Phi) is 4.54. The van der Waals surface area contributed by atoms with Gasteiger partial charge in [0.15, 0.2) is 0 Å². The van der Waals surface area contributed by atoms with E-state index < -0.39 is 10.8 Å². The minimum Gasteiger partial charge on any atom is -0.494 e. The number of rotatable bonds is 5. The highest BCUT2D eigenvalue weighted by atomic mass is 16.6. The number of benzene rings is 2. The molecule has 1 saturated heterocycles. The lowest BCUT2D eigenvalue weighted by Crippen LogP contribution is -2.32. The van der Waals surface area contributed by atoms with Crippen molar-refractivity contribution in [1.82, 2.24) is 0 Å². The van der Waals surface area contributed by atoms with Crippen LogP contribution in [0.1, 0.15) is 16.8 Å². The van der Waals surface area contributed by atoms with Gasteiger partial charge in [0.25, 0.3) is 11.6 Å². The molecule has 162 valence electrons. The van der Waals surface area contributed by atoms with E-state index in [2.05, 4.69) is 5.32 Å². The summed E-state index contributed by atoms with van der Waals surface area (Å²) in [6.45, 7) is 0. The first-order valence-corrected chi connectivity index (χ1v) is 10.2. The van der Waals surface area contributed by atoms with Gasteiger partial charge < -0.3 is 10.1 Å². The molecular formula is C23H19N3O6. The van der Waals surface area contributed by atoms with Crippen molar-refractivity contribution < 1.29 is 24.0 Å². The second-order valence-corrected chi connectivity index (χ2v) is 8.15. The van der Waals surface area contributed by atoms with Gasteiger partial charge in [0.1, 0.15) is 5.75 Å². The zero-order chi connectivity index (χ0) is 22.6. The molecule has 1 N–H and O–H groups in total. The number of methoxy groups -OCH3 is 1. The van der Waals surface area contributed by atoms with Crippen LogP contribution in [0.4, 0.5) is 17.1 Å². The van der Waals surface area contributed by atoms with Crippen LogP contribution < -0.4 is 15.0 Å². The summed E-state index contributed by atoms with van der Waals surface area (Å²) in [6.07, 6.45) is 4.95. The normalized spacial score (nSPS) is 25.2. The second kappa shape index (κ2) is 7.30. The molecule has 32 heavy (non-hydrogen) atoms. The van der Waals surface area contributed by atoms with Crippen LogP contribution in [0.5, 0.6) is 5.75 Å². The topological polar surface area (TPSA) is 119 Å². The standard InChI is InChI=1S/C23H19N3O6/c1-32-18-11-16(26(30)31)8-9-17(18)24-21(27)12-4-6-15(7-5-12)25-22(28)19-13-2-3-14(10-13)20(19)23(25)29/h2-9,11,13-14,19-20H,10H2,1H3,(H,24,27)/t13-,14+,19-,20+. The predicted molar refractivity (Wildman–Crippen MR) is 114 cm³/mol. The Labute approximate surface area is 182 Å². The third kappa shape index (κ3) is 2.96. The van der Waals surface area contributed by atoms with Crippen molar-refractivity contribution in [3.63, 3.8) is 0 Å². The average molecular weight is 433 g/mol. The zero-order valence-electron chi connectivity index (χ0n) is 17.1. The molecule has 9 nitrogen and oxygen atoms in total. The maximum Gasteiger partial charge on any atom is 0.273 e. The number of nitrogens with zero attached hydrogens (tertiary/aromatic N) is 2. The van der Waals surface area contributed by atoms with Crippen molar-refractivity contribution in [2.45, 2.75) is 6.42 Å². The highest BCUT2D eigenvalue weighted by molar-refractivity contribution is 6.23. The molecule has 1 heterocycles. The zero-order valence-corrected chi connectivity index (χ0v) is 17.1. The van der Waals surface area contributed by atoms with Crippen LogP contribution >= 0.6 is 0 Å². The summed E-state index contributed by atoms with van der Waals surface area (Å²) >= 11 is 0. The molecule has 2 aromatic carbocycles. The van der Waals surface area contributed by atoms with Crippen LogP contribution in [0.2, 0.25) is 0 Å². The first-order chi connectivity index (χ1) is 15.4. The van der Waals surface area contributed by atoms with Crippen LogP contribution in [-0.2, 0) is 9.59 Å². The number of carbonyl (C=O) groups excluding carboxylic acids is 3. The fourth-order valence-corrected chi connectivity index (χ4v) is 5.01. The molecular weight excluding hydrogens is 414 g/mol. The van der Waals surface area contributed by atoms with Crippen LogP contribution in [0.15, 0.2) is 54.6 Å². The Morgan fingerprint density at radius 1 is 1.06 bits per heavy atom. The van der Waals surface area contributed by atoms with Crippen LogP contribution in [0.3, 0.4) is 0 Å². The molecule has 2 aliphatic carbocycles. The third-order valence-corrected chi connectivity index (χ3v) is 6.50. The van der Waals surface area contributed by atoms with Gasteiger partial charge in [0, 0.05) is 11.6 Å². The third-order valence-electron chi connectivity index (χ3n) is 6.50. The van der Waals surface area contributed by atoms with Crippen molar-refractivity contribution in [2.75, 3.05) is 17.3 Å². The van der Waals surface area contributed by atoms with E-state index in [1.807, 2.05) is 12.2 Å². The molecule has 5 rings (SSSR count). The van der Waals surface area contributed by atoms with Gasteiger partial charge in [-0.05, 0) is 48.6 Å². The van der Waals surface area contributed by atoms with Gasteiger partial charge in [-0.1, -0.05) is 12.2 Å². The maximum absolute atomic E-state index is 12.9. The number of fused-ring (bicyclic) bond motifs is 5. The summed E-state index contributed by atoms with van der Waals surface area (Å²) in [5, 5.41) is 13.6. The lowest BCUT2D eigenvalue weighted by Gasteiger charge is -2.17. The molecule has 2 fully saturated rings. The molecule has 4 atom stereocenters. The smallest absolute Gasteiger partial charge is 0.273 e. The lowest BCUT2D eigenvalue weighted by molar-refractivity contribution is -0.384. The number of nitrogens with one attached hydrogen (secondary N) is 1. The van der Waals surface area contributed by atoms with Gasteiger partial charge in [0.2, 0.25) is 11.8 Å². The highest BCUT2D eigenvalue weighted by Crippen LogP contribution is 2.53. The fraction of sp³-hybridized carbons (Fsp3) is 0.261. The average Bonchev–Trinajstić information content (AvgIpc) is 3.47. The van der Waals surface area contributed by atoms with E-state index >= 15 is 0 Å². The van der Waals surface area contributed by atoms with Gasteiger partial charge >= 0.3 is 0 Å². The van der Waals surface area contributed by atoms with Gasteiger partial charge in [-0.3, -0.25) is 29.4 Å². The number of imide groups is 1. The Morgan fingerprint density at radius 3 is 2.25 bits per heavy atom. The van der Waals surface area contributed by atoms with Crippen LogP contribution in [0, 0.1) is 33.8 Å². The van der Waals surface area contributed by atoms with Gasteiger partial charge in [0.05, 0.1) is 41.3 Å². The maximum atomic E-state index is 12.9. The molecule has 2 aromatic rings. The first kappa shape index (κ1) is 19.9. The number of ether oxygens (including phenoxy) is 1. The number of nitro groups is 1. The van der Waals surface area contributed by atoms with E-state index in [4.69, 9.17) is 4.74 Å². The highest BCUT2D eigenvalue weighted by Gasteiger charge is 2.59. The molecule has 0 spiro atoms. The fourth-order valence-electron chi connectivity index (χ4n) is 5.01. The minimum absolute atomic E-state index is 0.133. The number of carbonyl (C=O) groups is 3. The summed E-state index contributed by atoms with van der Waals surface area (Å²) in [6, 6.07) is 10.1. The van der Waals surface area contributed by atoms with E-state index in [1.165, 1.54) is 42.3 Å². The Hall–Kier alpha value is -4.01. The van der Waals surface area contributed by atoms with Crippen molar-refractivity contribution in [1.29, 1.82) is 0 Å². The molecule has 0 radical (unpaired) electrons. The number of non-ortho nitro benzene ring substituents is 1. The van der Waals surface area contributed by atoms with Crippen LogP contribution in [0.25, 0.3) is 0 Å². The van der Waals surface area contributed by atoms with E-state index in [9.17, 15) is 24.5 Å². The number of allylic oxidation sites excluding steroid dienone is 2.